The summed E-state index contributed by atoms with van der Waals surface area (Å²) in [5.74, 6) is 0.0917. The smallest absolute Gasteiger partial charge is 0.252 e. The van der Waals surface area contributed by atoms with E-state index in [1.54, 1.807) is 4.68 Å². The number of nitrogens with one attached hydrogen (secondary N) is 1. The zero-order valence-corrected chi connectivity index (χ0v) is 16.9. The van der Waals surface area contributed by atoms with E-state index in [0.29, 0.717) is 34.4 Å². The molecule has 7 nitrogen and oxygen atoms in total. The zero-order chi connectivity index (χ0) is 20.2. The number of amides is 1. The molecule has 1 aliphatic carbocycles. The highest BCUT2D eigenvalue weighted by molar-refractivity contribution is 7.91. The van der Waals surface area contributed by atoms with Gasteiger partial charge in [-0.2, -0.15) is 5.10 Å². The summed E-state index contributed by atoms with van der Waals surface area (Å²) in [4.78, 5) is 17.8. The lowest BCUT2D eigenvalue weighted by atomic mass is 10.0. The largest absolute Gasteiger partial charge is 0.349 e. The molecule has 2 aliphatic rings. The fourth-order valence-electron chi connectivity index (χ4n) is 3.96. The molecule has 3 heterocycles. The number of benzene rings is 1. The Morgan fingerprint density at radius 3 is 2.59 bits per heavy atom. The first-order valence-corrected chi connectivity index (χ1v) is 11.7. The predicted octanol–water partition coefficient (Wildman–Crippen LogP) is 2.66. The highest BCUT2D eigenvalue weighted by Gasteiger charge is 2.33. The summed E-state index contributed by atoms with van der Waals surface area (Å²) in [6.07, 6.45) is 2.52. The van der Waals surface area contributed by atoms with Crippen molar-refractivity contribution >= 4 is 26.8 Å². The number of aromatic nitrogens is 3. The third kappa shape index (κ3) is 3.42. The number of fused-ring (bicyclic) bond motifs is 1. The van der Waals surface area contributed by atoms with E-state index < -0.39 is 9.84 Å². The summed E-state index contributed by atoms with van der Waals surface area (Å²) in [6, 6.07) is 11.5. The van der Waals surface area contributed by atoms with E-state index in [9.17, 15) is 13.2 Å². The number of carbonyl (C=O) groups is 1. The highest BCUT2D eigenvalue weighted by atomic mass is 32.2. The Labute approximate surface area is 169 Å². The third-order valence-corrected chi connectivity index (χ3v) is 7.37. The van der Waals surface area contributed by atoms with Crippen LogP contribution in [0, 0.1) is 6.92 Å². The number of pyridine rings is 1. The van der Waals surface area contributed by atoms with Gasteiger partial charge in [0, 0.05) is 11.6 Å². The molecule has 1 amide bonds. The molecule has 1 atom stereocenters. The van der Waals surface area contributed by atoms with Crippen LogP contribution in [-0.4, -0.2) is 46.6 Å². The maximum atomic E-state index is 13.0. The van der Waals surface area contributed by atoms with Crippen molar-refractivity contribution in [1.82, 2.24) is 20.1 Å². The van der Waals surface area contributed by atoms with Gasteiger partial charge in [0.25, 0.3) is 5.91 Å². The Kier molecular flexibility index (Phi) is 4.20. The summed E-state index contributed by atoms with van der Waals surface area (Å²) in [6.45, 7) is 1.85. The van der Waals surface area contributed by atoms with E-state index in [1.807, 2.05) is 43.3 Å². The van der Waals surface area contributed by atoms with Crippen molar-refractivity contribution in [3.8, 4) is 11.3 Å². The van der Waals surface area contributed by atoms with Crippen LogP contribution in [0.25, 0.3) is 22.3 Å². The second-order valence-electron chi connectivity index (χ2n) is 7.95. The summed E-state index contributed by atoms with van der Waals surface area (Å²) < 4.78 is 25.8. The number of nitrogens with zero attached hydrogens (tertiary/aromatic N) is 3. The quantitative estimate of drug-likeness (QED) is 0.714. The molecule has 8 heteroatoms. The average Bonchev–Trinajstić information content (AvgIpc) is 3.36. The van der Waals surface area contributed by atoms with E-state index in [0.717, 1.165) is 18.4 Å². The Hall–Kier alpha value is -2.74. The van der Waals surface area contributed by atoms with Crippen LogP contribution in [0.2, 0.25) is 0 Å². The van der Waals surface area contributed by atoms with E-state index in [4.69, 9.17) is 4.98 Å². The molecule has 29 heavy (non-hydrogen) atoms. The van der Waals surface area contributed by atoms with Gasteiger partial charge in [0.15, 0.2) is 15.5 Å². The van der Waals surface area contributed by atoms with Crippen LogP contribution in [0.15, 0.2) is 36.4 Å². The van der Waals surface area contributed by atoms with Gasteiger partial charge in [-0.3, -0.25) is 4.79 Å². The summed E-state index contributed by atoms with van der Waals surface area (Å²) in [7, 11) is -3.07. The van der Waals surface area contributed by atoms with Gasteiger partial charge in [-0.1, -0.05) is 30.3 Å². The molecule has 150 valence electrons. The van der Waals surface area contributed by atoms with Gasteiger partial charge in [-0.05, 0) is 32.3 Å². The van der Waals surface area contributed by atoms with Crippen LogP contribution in [0.5, 0.6) is 0 Å². The Balaban J connectivity index is 1.70. The molecule has 5 rings (SSSR count). The Bertz CT molecular complexity index is 1210. The number of sulfone groups is 1. The van der Waals surface area contributed by atoms with Crippen LogP contribution in [0.3, 0.4) is 0 Å². The summed E-state index contributed by atoms with van der Waals surface area (Å²) in [5.41, 5.74) is 3.40. The molecule has 0 bridgehead atoms. The van der Waals surface area contributed by atoms with E-state index in [1.165, 1.54) is 0 Å². The SMILES string of the molecule is Cc1nn(C2CCS(=O)(=O)C2)c2nc(-c3ccccc3)cc(C(=O)NC3CC3)c12. The molecule has 2 aromatic heterocycles. The minimum atomic E-state index is -3.07. The van der Waals surface area contributed by atoms with Crippen molar-refractivity contribution in [3.63, 3.8) is 0 Å². The van der Waals surface area contributed by atoms with Crippen LogP contribution < -0.4 is 5.32 Å². The summed E-state index contributed by atoms with van der Waals surface area (Å²) >= 11 is 0. The van der Waals surface area contributed by atoms with Gasteiger partial charge in [0.05, 0.1) is 39.9 Å². The fourth-order valence-corrected chi connectivity index (χ4v) is 5.65. The maximum Gasteiger partial charge on any atom is 0.252 e. The van der Waals surface area contributed by atoms with E-state index in [-0.39, 0.29) is 29.5 Å². The van der Waals surface area contributed by atoms with Gasteiger partial charge < -0.3 is 5.32 Å². The minimum Gasteiger partial charge on any atom is -0.349 e. The molecule has 1 saturated heterocycles. The van der Waals surface area contributed by atoms with Gasteiger partial charge in [0.1, 0.15) is 0 Å². The monoisotopic (exact) mass is 410 g/mol. The molecule has 0 spiro atoms. The van der Waals surface area contributed by atoms with Gasteiger partial charge in [-0.15, -0.1) is 0 Å². The van der Waals surface area contributed by atoms with Crippen LogP contribution in [-0.2, 0) is 9.84 Å². The van der Waals surface area contributed by atoms with Crippen LogP contribution in [0.4, 0.5) is 0 Å². The van der Waals surface area contributed by atoms with Crippen molar-refractivity contribution in [2.75, 3.05) is 11.5 Å². The standard InChI is InChI=1S/C21H22N4O3S/c1-13-19-17(21(26)22-15-7-8-15)11-18(14-5-3-2-4-6-14)23-20(19)25(24-13)16-9-10-29(27,28)12-16/h2-6,11,15-16H,7-10,12H2,1H3,(H,22,26). The first-order chi connectivity index (χ1) is 13.9. The fraction of sp³-hybridized carbons (Fsp3) is 0.381. The molecule has 1 unspecified atom stereocenters. The molecular weight excluding hydrogens is 388 g/mol. The van der Waals surface area contributed by atoms with Gasteiger partial charge >= 0.3 is 0 Å². The molecule has 1 aliphatic heterocycles. The average molecular weight is 410 g/mol. The molecule has 0 radical (unpaired) electrons. The normalized spacial score (nSPS) is 20.8. The molecule has 2 fully saturated rings. The molecule has 1 saturated carbocycles. The van der Waals surface area contributed by atoms with Crippen molar-refractivity contribution in [2.24, 2.45) is 0 Å². The number of aryl methyl sites for hydroxylation is 1. The number of carbonyl (C=O) groups excluding carboxylic acids is 1. The predicted molar refractivity (Wildman–Crippen MR) is 110 cm³/mol. The second kappa shape index (κ2) is 6.66. The van der Waals surface area contributed by atoms with Gasteiger partial charge in [-0.25, -0.2) is 18.1 Å². The van der Waals surface area contributed by atoms with E-state index in [2.05, 4.69) is 10.4 Å². The molecule has 1 N–H and O–H groups in total. The Morgan fingerprint density at radius 1 is 1.17 bits per heavy atom. The number of hydrogen-bond acceptors (Lipinski definition) is 5. The van der Waals surface area contributed by atoms with Crippen LogP contribution in [0.1, 0.15) is 41.4 Å². The lowest BCUT2D eigenvalue weighted by Gasteiger charge is -2.12. The minimum absolute atomic E-state index is 0.0596. The van der Waals surface area contributed by atoms with Crippen LogP contribution >= 0.6 is 0 Å². The summed E-state index contributed by atoms with van der Waals surface area (Å²) in [5, 5.41) is 8.38. The van der Waals surface area contributed by atoms with Gasteiger partial charge in [0.2, 0.25) is 0 Å². The topological polar surface area (TPSA) is 93.9 Å². The second-order valence-corrected chi connectivity index (χ2v) is 10.2. The lowest BCUT2D eigenvalue weighted by molar-refractivity contribution is 0.0952. The van der Waals surface area contributed by atoms with E-state index >= 15 is 0 Å². The first-order valence-electron chi connectivity index (χ1n) is 9.88. The third-order valence-electron chi connectivity index (χ3n) is 5.62. The molecule has 1 aromatic carbocycles. The Morgan fingerprint density at radius 2 is 1.93 bits per heavy atom. The number of rotatable bonds is 4. The van der Waals surface area contributed by atoms with Crippen molar-refractivity contribution in [2.45, 2.75) is 38.3 Å². The molecular formula is C21H22N4O3S. The first kappa shape index (κ1) is 18.3. The van der Waals surface area contributed by atoms with Crippen molar-refractivity contribution < 1.29 is 13.2 Å². The van der Waals surface area contributed by atoms with Crippen molar-refractivity contribution in [3.05, 3.63) is 47.7 Å². The number of hydrogen-bond donors (Lipinski definition) is 1. The lowest BCUT2D eigenvalue weighted by Crippen LogP contribution is -2.25. The zero-order valence-electron chi connectivity index (χ0n) is 16.1. The highest BCUT2D eigenvalue weighted by Crippen LogP contribution is 2.32. The van der Waals surface area contributed by atoms with Crippen molar-refractivity contribution in [1.29, 1.82) is 0 Å². The maximum absolute atomic E-state index is 13.0. The molecule has 3 aromatic rings.